The maximum atomic E-state index is 11.2. The van der Waals surface area contributed by atoms with Gasteiger partial charge in [-0.2, -0.15) is 0 Å². The number of aliphatic carboxylic acids is 1. The zero-order valence-electron chi connectivity index (χ0n) is 10.0. The van der Waals surface area contributed by atoms with Crippen LogP contribution in [0, 0.1) is 5.92 Å². The molecule has 1 aromatic heterocycles. The molecular weight excluding hydrogens is 226 g/mol. The lowest BCUT2D eigenvalue weighted by Crippen LogP contribution is -2.16. The minimum atomic E-state index is -0.663. The summed E-state index contributed by atoms with van der Waals surface area (Å²) in [6, 6.07) is 10.0. The number of pyridine rings is 1. The zero-order chi connectivity index (χ0) is 12.5. The van der Waals surface area contributed by atoms with E-state index in [0.717, 1.165) is 35.7 Å². The van der Waals surface area contributed by atoms with Crippen LogP contribution in [0.3, 0.4) is 0 Å². The highest BCUT2D eigenvalue weighted by Gasteiger charge is 2.33. The highest BCUT2D eigenvalue weighted by atomic mass is 16.4. The first-order chi connectivity index (χ1) is 8.75. The Bertz CT molecular complexity index is 594. The molecule has 2 aromatic rings. The van der Waals surface area contributed by atoms with Gasteiger partial charge in [0.1, 0.15) is 0 Å². The van der Waals surface area contributed by atoms with Gasteiger partial charge in [0.15, 0.2) is 0 Å². The van der Waals surface area contributed by atoms with Crippen molar-refractivity contribution in [3.63, 3.8) is 0 Å². The van der Waals surface area contributed by atoms with Crippen LogP contribution in [0.2, 0.25) is 0 Å². The summed E-state index contributed by atoms with van der Waals surface area (Å²) < 4.78 is 0. The Labute approximate surface area is 105 Å². The first-order valence-electron chi connectivity index (χ1n) is 6.33. The average Bonchev–Trinajstić information content (AvgIpc) is 2.87. The minimum Gasteiger partial charge on any atom is -0.481 e. The van der Waals surface area contributed by atoms with Crippen LogP contribution < -0.4 is 0 Å². The van der Waals surface area contributed by atoms with E-state index in [-0.39, 0.29) is 11.8 Å². The molecule has 1 aliphatic rings. The summed E-state index contributed by atoms with van der Waals surface area (Å²) in [5.41, 5.74) is 2.10. The van der Waals surface area contributed by atoms with E-state index in [2.05, 4.69) is 11.1 Å². The number of benzene rings is 1. The van der Waals surface area contributed by atoms with Crippen molar-refractivity contribution in [1.82, 2.24) is 4.98 Å². The fourth-order valence-corrected chi connectivity index (χ4v) is 2.98. The Kier molecular flexibility index (Phi) is 2.74. The standard InChI is InChI=1S/C15H15NO2/c17-15(18)13-5-1-4-12(13)10-6-7-14-11(9-10)3-2-8-16-14/h2-3,6-9,12-13H,1,4-5H2,(H,17,18). The number of carboxylic acids is 1. The molecule has 3 heteroatoms. The van der Waals surface area contributed by atoms with E-state index < -0.39 is 5.97 Å². The number of nitrogens with zero attached hydrogens (tertiary/aromatic N) is 1. The Morgan fingerprint density at radius 2 is 2.17 bits per heavy atom. The normalized spacial score (nSPS) is 23.3. The topological polar surface area (TPSA) is 50.2 Å². The SMILES string of the molecule is O=C(O)C1CCCC1c1ccc2ncccc2c1. The van der Waals surface area contributed by atoms with Crippen LogP contribution in [-0.4, -0.2) is 16.1 Å². The van der Waals surface area contributed by atoms with Gasteiger partial charge in [-0.3, -0.25) is 9.78 Å². The van der Waals surface area contributed by atoms with Gasteiger partial charge in [0.05, 0.1) is 11.4 Å². The van der Waals surface area contributed by atoms with E-state index in [1.807, 2.05) is 24.3 Å². The van der Waals surface area contributed by atoms with Crippen molar-refractivity contribution < 1.29 is 9.90 Å². The Hall–Kier alpha value is -1.90. The number of hydrogen-bond donors (Lipinski definition) is 1. The number of rotatable bonds is 2. The van der Waals surface area contributed by atoms with E-state index in [0.29, 0.717) is 0 Å². The van der Waals surface area contributed by atoms with Crippen molar-refractivity contribution in [2.24, 2.45) is 5.92 Å². The van der Waals surface area contributed by atoms with E-state index in [1.54, 1.807) is 6.20 Å². The van der Waals surface area contributed by atoms with Gasteiger partial charge in [0.2, 0.25) is 0 Å². The summed E-state index contributed by atoms with van der Waals surface area (Å²) in [5.74, 6) is -0.727. The number of fused-ring (bicyclic) bond motifs is 1. The van der Waals surface area contributed by atoms with Gasteiger partial charge in [0, 0.05) is 11.6 Å². The fraction of sp³-hybridized carbons (Fsp3) is 0.333. The lowest BCUT2D eigenvalue weighted by Gasteiger charge is -2.16. The van der Waals surface area contributed by atoms with Crippen molar-refractivity contribution >= 4 is 16.9 Å². The van der Waals surface area contributed by atoms with E-state index in [1.165, 1.54) is 0 Å². The van der Waals surface area contributed by atoms with Crippen LogP contribution in [0.1, 0.15) is 30.7 Å². The van der Waals surface area contributed by atoms with Gasteiger partial charge >= 0.3 is 5.97 Å². The molecule has 1 aliphatic carbocycles. The molecule has 0 radical (unpaired) electrons. The molecule has 1 saturated carbocycles. The van der Waals surface area contributed by atoms with Crippen LogP contribution >= 0.6 is 0 Å². The molecule has 0 spiro atoms. The second-order valence-corrected chi connectivity index (χ2v) is 4.94. The largest absolute Gasteiger partial charge is 0.481 e. The number of carboxylic acid groups (broad SMARTS) is 1. The Morgan fingerprint density at radius 3 is 3.00 bits per heavy atom. The highest BCUT2D eigenvalue weighted by molar-refractivity contribution is 5.79. The lowest BCUT2D eigenvalue weighted by molar-refractivity contribution is -0.142. The predicted molar refractivity (Wildman–Crippen MR) is 69.5 cm³/mol. The quantitative estimate of drug-likeness (QED) is 0.878. The maximum Gasteiger partial charge on any atom is 0.307 e. The van der Waals surface area contributed by atoms with Crippen molar-refractivity contribution in [2.75, 3.05) is 0 Å². The molecule has 1 heterocycles. The lowest BCUT2D eigenvalue weighted by atomic mass is 9.88. The minimum absolute atomic E-state index is 0.159. The van der Waals surface area contributed by atoms with E-state index in [9.17, 15) is 9.90 Å². The molecule has 18 heavy (non-hydrogen) atoms. The molecule has 1 aromatic carbocycles. The molecule has 0 aliphatic heterocycles. The smallest absolute Gasteiger partial charge is 0.307 e. The third-order valence-electron chi connectivity index (χ3n) is 3.89. The fourth-order valence-electron chi connectivity index (χ4n) is 2.98. The van der Waals surface area contributed by atoms with E-state index in [4.69, 9.17) is 0 Å². The van der Waals surface area contributed by atoms with Gasteiger partial charge in [-0.15, -0.1) is 0 Å². The molecular formula is C15H15NO2. The first-order valence-corrected chi connectivity index (χ1v) is 6.33. The number of carbonyl (C=O) groups is 1. The molecule has 0 amide bonds. The number of aromatic nitrogens is 1. The molecule has 0 saturated heterocycles. The third kappa shape index (κ3) is 1.86. The van der Waals surface area contributed by atoms with Crippen LogP contribution in [-0.2, 0) is 4.79 Å². The molecule has 3 nitrogen and oxygen atoms in total. The summed E-state index contributed by atoms with van der Waals surface area (Å²) in [7, 11) is 0. The summed E-state index contributed by atoms with van der Waals surface area (Å²) in [5, 5.41) is 10.3. The molecule has 1 N–H and O–H groups in total. The van der Waals surface area contributed by atoms with Crippen molar-refractivity contribution in [2.45, 2.75) is 25.2 Å². The molecule has 0 bridgehead atoms. The van der Waals surface area contributed by atoms with Crippen LogP contribution in [0.15, 0.2) is 36.5 Å². The number of hydrogen-bond acceptors (Lipinski definition) is 2. The molecule has 2 unspecified atom stereocenters. The van der Waals surface area contributed by atoms with Crippen molar-refractivity contribution in [1.29, 1.82) is 0 Å². The van der Waals surface area contributed by atoms with E-state index >= 15 is 0 Å². The highest BCUT2D eigenvalue weighted by Crippen LogP contribution is 2.40. The summed E-state index contributed by atoms with van der Waals surface area (Å²) >= 11 is 0. The molecule has 2 atom stereocenters. The summed E-state index contributed by atoms with van der Waals surface area (Å²) in [4.78, 5) is 15.5. The predicted octanol–water partition coefficient (Wildman–Crippen LogP) is 3.20. The molecule has 92 valence electrons. The van der Waals surface area contributed by atoms with Crippen LogP contribution in [0.4, 0.5) is 0 Å². The summed E-state index contributed by atoms with van der Waals surface area (Å²) in [6.45, 7) is 0. The summed E-state index contributed by atoms with van der Waals surface area (Å²) in [6.07, 6.45) is 4.55. The van der Waals surface area contributed by atoms with Gasteiger partial charge in [-0.05, 0) is 42.5 Å². The molecule has 3 rings (SSSR count). The second-order valence-electron chi connectivity index (χ2n) is 4.94. The second kappa shape index (κ2) is 4.41. The zero-order valence-corrected chi connectivity index (χ0v) is 10.0. The van der Waals surface area contributed by atoms with Gasteiger partial charge in [-0.25, -0.2) is 0 Å². The monoisotopic (exact) mass is 241 g/mol. The van der Waals surface area contributed by atoms with Crippen molar-refractivity contribution in [3.05, 3.63) is 42.1 Å². The molecule has 1 fully saturated rings. The van der Waals surface area contributed by atoms with Gasteiger partial charge in [-0.1, -0.05) is 18.6 Å². The first kappa shape index (κ1) is 11.2. The average molecular weight is 241 g/mol. The Balaban J connectivity index is 2.01. The maximum absolute atomic E-state index is 11.2. The Morgan fingerprint density at radius 1 is 1.28 bits per heavy atom. The van der Waals surface area contributed by atoms with Crippen molar-refractivity contribution in [3.8, 4) is 0 Å². The van der Waals surface area contributed by atoms with Crippen LogP contribution in [0.25, 0.3) is 10.9 Å². The van der Waals surface area contributed by atoms with Crippen LogP contribution in [0.5, 0.6) is 0 Å². The van der Waals surface area contributed by atoms with Gasteiger partial charge < -0.3 is 5.11 Å². The van der Waals surface area contributed by atoms with Gasteiger partial charge in [0.25, 0.3) is 0 Å². The third-order valence-corrected chi connectivity index (χ3v) is 3.89.